The second-order valence-corrected chi connectivity index (χ2v) is 7.17. The fraction of sp³-hybridized carbons (Fsp3) is 0.500. The quantitative estimate of drug-likeness (QED) is 0.708. The maximum absolute atomic E-state index is 4.41. The number of aromatic nitrogens is 4. The van der Waals surface area contributed by atoms with Crippen molar-refractivity contribution in [2.45, 2.75) is 53.2 Å². The first-order chi connectivity index (χ1) is 12.0. The minimum Gasteiger partial charge on any atom is -0.344 e. The van der Waals surface area contributed by atoms with Crippen LogP contribution in [0.15, 0.2) is 30.6 Å². The van der Waals surface area contributed by atoms with E-state index in [2.05, 4.69) is 71.9 Å². The third-order valence-electron chi connectivity index (χ3n) is 4.90. The molecule has 2 heterocycles. The van der Waals surface area contributed by atoms with Crippen molar-refractivity contribution in [3.05, 3.63) is 47.7 Å². The minimum absolute atomic E-state index is 0.208. The molecule has 0 amide bonds. The van der Waals surface area contributed by atoms with Gasteiger partial charge in [0.05, 0.1) is 6.04 Å². The zero-order chi connectivity index (χ0) is 18.0. The Labute approximate surface area is 150 Å². The van der Waals surface area contributed by atoms with E-state index in [1.165, 1.54) is 22.2 Å². The molecule has 0 saturated carbocycles. The normalized spacial score (nSPS) is 13.0. The minimum atomic E-state index is 0.208. The zero-order valence-electron chi connectivity index (χ0n) is 16.0. The molecule has 0 spiro atoms. The first-order valence-corrected chi connectivity index (χ1v) is 9.16. The third-order valence-corrected chi connectivity index (χ3v) is 4.90. The summed E-state index contributed by atoms with van der Waals surface area (Å²) in [5.41, 5.74) is 4.07. The molecule has 2 aromatic heterocycles. The molecule has 0 fully saturated rings. The number of hydrogen-bond acceptors (Lipinski definition) is 3. The van der Waals surface area contributed by atoms with Gasteiger partial charge in [0, 0.05) is 36.7 Å². The summed E-state index contributed by atoms with van der Waals surface area (Å²) in [7, 11) is 1.95. The van der Waals surface area contributed by atoms with Crippen LogP contribution in [0.5, 0.6) is 0 Å². The summed E-state index contributed by atoms with van der Waals surface area (Å²) in [6.07, 6.45) is 2.61. The van der Waals surface area contributed by atoms with Crippen LogP contribution in [-0.2, 0) is 20.1 Å². The van der Waals surface area contributed by atoms with E-state index < -0.39 is 0 Å². The van der Waals surface area contributed by atoms with Crippen LogP contribution in [0.1, 0.15) is 50.3 Å². The molecule has 134 valence electrons. The second-order valence-electron chi connectivity index (χ2n) is 7.17. The van der Waals surface area contributed by atoms with E-state index in [9.17, 15) is 0 Å². The van der Waals surface area contributed by atoms with Crippen LogP contribution in [0, 0.1) is 12.8 Å². The third kappa shape index (κ3) is 3.47. The Morgan fingerprint density at radius 3 is 2.60 bits per heavy atom. The van der Waals surface area contributed by atoms with E-state index in [-0.39, 0.29) is 6.04 Å². The van der Waals surface area contributed by atoms with E-state index in [4.69, 9.17) is 0 Å². The number of benzene rings is 1. The van der Waals surface area contributed by atoms with Crippen molar-refractivity contribution >= 4 is 10.9 Å². The smallest absolute Gasteiger partial charge is 0.143 e. The summed E-state index contributed by atoms with van der Waals surface area (Å²) in [6, 6.07) is 8.93. The van der Waals surface area contributed by atoms with Crippen LogP contribution in [0.2, 0.25) is 0 Å². The number of nitrogens with one attached hydrogen (secondary N) is 1. The van der Waals surface area contributed by atoms with E-state index in [0.717, 1.165) is 25.3 Å². The molecule has 0 aliphatic rings. The van der Waals surface area contributed by atoms with Gasteiger partial charge in [-0.25, -0.2) is 4.98 Å². The van der Waals surface area contributed by atoms with Gasteiger partial charge in [0.15, 0.2) is 0 Å². The van der Waals surface area contributed by atoms with Gasteiger partial charge in [0.2, 0.25) is 0 Å². The van der Waals surface area contributed by atoms with Crippen molar-refractivity contribution in [2.75, 3.05) is 0 Å². The maximum atomic E-state index is 4.41. The fourth-order valence-corrected chi connectivity index (χ4v) is 3.59. The first kappa shape index (κ1) is 17.7. The molecule has 3 rings (SSSR count). The molecule has 25 heavy (non-hydrogen) atoms. The molecule has 0 saturated heterocycles. The number of para-hydroxylation sites is 1. The van der Waals surface area contributed by atoms with E-state index in [0.29, 0.717) is 5.92 Å². The lowest BCUT2D eigenvalue weighted by Gasteiger charge is -2.16. The first-order valence-electron chi connectivity index (χ1n) is 9.16. The van der Waals surface area contributed by atoms with Gasteiger partial charge >= 0.3 is 0 Å². The number of hydrogen-bond donors (Lipinski definition) is 1. The molecule has 0 aliphatic carbocycles. The molecule has 5 nitrogen and oxygen atoms in total. The molecule has 1 N–H and O–H groups in total. The predicted octanol–water partition coefficient (Wildman–Crippen LogP) is 3.98. The maximum Gasteiger partial charge on any atom is 0.143 e. The van der Waals surface area contributed by atoms with E-state index in [1.54, 1.807) is 6.33 Å². The van der Waals surface area contributed by atoms with E-state index in [1.807, 2.05) is 11.7 Å². The average Bonchev–Trinajstić information content (AvgIpc) is 3.12. The van der Waals surface area contributed by atoms with Gasteiger partial charge in [-0.3, -0.25) is 4.68 Å². The van der Waals surface area contributed by atoms with Crippen molar-refractivity contribution in [1.82, 2.24) is 24.6 Å². The summed E-state index contributed by atoms with van der Waals surface area (Å²) in [4.78, 5) is 4.41. The molecule has 3 aromatic rings. The lowest BCUT2D eigenvalue weighted by Crippen LogP contribution is -2.23. The van der Waals surface area contributed by atoms with Gasteiger partial charge in [-0.15, -0.1) is 0 Å². The summed E-state index contributed by atoms with van der Waals surface area (Å²) in [6.45, 7) is 10.8. The highest BCUT2D eigenvalue weighted by atomic mass is 15.3. The van der Waals surface area contributed by atoms with Gasteiger partial charge in [0.1, 0.15) is 12.2 Å². The topological polar surface area (TPSA) is 47.7 Å². The highest BCUT2D eigenvalue weighted by molar-refractivity contribution is 5.85. The molecular formula is C20H29N5. The van der Waals surface area contributed by atoms with E-state index >= 15 is 0 Å². The molecule has 1 atom stereocenters. The van der Waals surface area contributed by atoms with Crippen LogP contribution in [0.3, 0.4) is 0 Å². The largest absolute Gasteiger partial charge is 0.344 e. The van der Waals surface area contributed by atoms with Crippen LogP contribution < -0.4 is 5.32 Å². The van der Waals surface area contributed by atoms with Crippen molar-refractivity contribution in [3.63, 3.8) is 0 Å². The van der Waals surface area contributed by atoms with Crippen molar-refractivity contribution in [2.24, 2.45) is 13.0 Å². The van der Waals surface area contributed by atoms with Crippen LogP contribution in [0.25, 0.3) is 10.9 Å². The van der Waals surface area contributed by atoms with Crippen LogP contribution in [0.4, 0.5) is 0 Å². The van der Waals surface area contributed by atoms with Crippen LogP contribution in [-0.4, -0.2) is 19.3 Å². The molecule has 5 heteroatoms. The summed E-state index contributed by atoms with van der Waals surface area (Å²) < 4.78 is 4.32. The Kier molecular flexibility index (Phi) is 5.23. The second kappa shape index (κ2) is 7.40. The van der Waals surface area contributed by atoms with Gasteiger partial charge in [0.25, 0.3) is 0 Å². The number of aryl methyl sites for hydroxylation is 1. The zero-order valence-corrected chi connectivity index (χ0v) is 16.0. The van der Waals surface area contributed by atoms with Crippen molar-refractivity contribution < 1.29 is 0 Å². The van der Waals surface area contributed by atoms with Crippen molar-refractivity contribution in [1.29, 1.82) is 0 Å². The lowest BCUT2D eigenvalue weighted by atomic mass is 10.1. The van der Waals surface area contributed by atoms with Gasteiger partial charge in [-0.05, 0) is 30.9 Å². The van der Waals surface area contributed by atoms with Gasteiger partial charge < -0.3 is 9.88 Å². The number of nitrogens with zero attached hydrogens (tertiary/aromatic N) is 4. The molecular weight excluding hydrogens is 310 g/mol. The molecule has 1 unspecified atom stereocenters. The Balaban J connectivity index is 1.91. The number of rotatable bonds is 7. The summed E-state index contributed by atoms with van der Waals surface area (Å²) >= 11 is 0. The van der Waals surface area contributed by atoms with Gasteiger partial charge in [-0.2, -0.15) is 5.10 Å². The summed E-state index contributed by atoms with van der Waals surface area (Å²) in [5, 5.41) is 9.25. The Morgan fingerprint density at radius 1 is 1.20 bits per heavy atom. The van der Waals surface area contributed by atoms with Gasteiger partial charge in [-0.1, -0.05) is 39.0 Å². The van der Waals surface area contributed by atoms with Crippen LogP contribution >= 0.6 is 0 Å². The monoisotopic (exact) mass is 339 g/mol. The van der Waals surface area contributed by atoms with Crippen molar-refractivity contribution in [3.8, 4) is 0 Å². The average molecular weight is 339 g/mol. The Hall–Kier alpha value is -2.14. The molecule has 0 bridgehead atoms. The number of fused-ring (bicyclic) bond motifs is 1. The molecule has 1 aromatic carbocycles. The molecule has 0 aliphatic heterocycles. The standard InChI is InChI=1S/C20H29N5/c1-6-18(20-22-13-23-24(20)5)21-11-17-15(4)25(12-14(2)3)19-10-8-7-9-16(17)19/h7-10,13-14,18,21H,6,11-12H2,1-5H3. The fourth-order valence-electron chi connectivity index (χ4n) is 3.59. The molecule has 0 radical (unpaired) electrons. The highest BCUT2D eigenvalue weighted by Crippen LogP contribution is 2.27. The SMILES string of the molecule is CCC(NCc1c(C)n(CC(C)C)c2ccccc12)c1ncnn1C. The summed E-state index contributed by atoms with van der Waals surface area (Å²) in [5.74, 6) is 1.61. The lowest BCUT2D eigenvalue weighted by molar-refractivity contribution is 0.470. The highest BCUT2D eigenvalue weighted by Gasteiger charge is 2.18. The Bertz CT molecular complexity index is 843. The predicted molar refractivity (Wildman–Crippen MR) is 102 cm³/mol. The Morgan fingerprint density at radius 2 is 1.96 bits per heavy atom.